The van der Waals surface area contributed by atoms with Crippen LogP contribution < -0.4 is 5.73 Å². The number of carbonyl (C=O) groups excluding carboxylic acids is 1. The van der Waals surface area contributed by atoms with Gasteiger partial charge in [-0.2, -0.15) is 0 Å². The minimum atomic E-state index is -0.288. The fraction of sp³-hybridized carbons (Fsp3) is 0.211. The second-order valence-corrected chi connectivity index (χ2v) is 6.17. The molecule has 3 aromatic rings. The number of hydrogen-bond acceptors (Lipinski definition) is 3. The van der Waals surface area contributed by atoms with E-state index in [0.29, 0.717) is 17.9 Å². The van der Waals surface area contributed by atoms with Crippen molar-refractivity contribution in [2.24, 2.45) is 5.73 Å². The van der Waals surface area contributed by atoms with Gasteiger partial charge in [0.25, 0.3) is 0 Å². The van der Waals surface area contributed by atoms with Crippen LogP contribution >= 0.6 is 0 Å². The molecule has 122 valence electrons. The highest BCUT2D eigenvalue weighted by Crippen LogP contribution is 2.30. The molecule has 1 fully saturated rings. The molecule has 1 saturated heterocycles. The molecule has 2 N–H and O–H groups in total. The van der Waals surface area contributed by atoms with Crippen LogP contribution in [0.15, 0.2) is 52.9 Å². The molecule has 0 aliphatic carbocycles. The molecule has 1 aromatic heterocycles. The Kier molecular flexibility index (Phi) is 3.58. The average Bonchev–Trinajstić information content (AvgIpc) is 2.94. The molecule has 0 radical (unpaired) electrons. The van der Waals surface area contributed by atoms with Crippen LogP contribution in [0.3, 0.4) is 0 Å². The molecular formula is C19H17FN2O2. The van der Waals surface area contributed by atoms with Crippen LogP contribution in [0.2, 0.25) is 0 Å². The number of halogens is 1. The van der Waals surface area contributed by atoms with Crippen LogP contribution in [0.4, 0.5) is 4.39 Å². The Balaban J connectivity index is 1.61. The summed E-state index contributed by atoms with van der Waals surface area (Å²) in [6.45, 7) is 1.57. The normalized spacial score (nSPS) is 17.8. The fourth-order valence-electron chi connectivity index (χ4n) is 3.16. The maximum absolute atomic E-state index is 13.4. The van der Waals surface area contributed by atoms with E-state index in [9.17, 15) is 9.18 Å². The van der Waals surface area contributed by atoms with Crippen molar-refractivity contribution in [3.05, 3.63) is 59.9 Å². The van der Waals surface area contributed by atoms with Crippen molar-refractivity contribution in [1.82, 2.24) is 4.90 Å². The largest absolute Gasteiger partial charge is 0.456 e. The summed E-state index contributed by atoms with van der Waals surface area (Å²) in [5, 5.41) is 0.961. The first kappa shape index (κ1) is 14.9. The predicted octanol–water partition coefficient (Wildman–Crippen LogP) is 3.30. The standard InChI is InChI=1S/C19H17FN2O2/c20-15-3-1-2-13(9-15)18-10-14-8-12(4-5-17(14)24-18)11-22-7-6-16(22)19(21)23/h1-5,8-10,16H,6-7,11H2,(H2,21,23)/t16-/m0/s1. The molecule has 24 heavy (non-hydrogen) atoms. The molecule has 1 atom stereocenters. The second-order valence-electron chi connectivity index (χ2n) is 6.17. The van der Waals surface area contributed by atoms with E-state index in [1.807, 2.05) is 30.3 Å². The first-order chi connectivity index (χ1) is 11.6. The lowest BCUT2D eigenvalue weighted by molar-refractivity contribution is -0.127. The molecule has 2 aromatic carbocycles. The summed E-state index contributed by atoms with van der Waals surface area (Å²) < 4.78 is 19.2. The number of likely N-dealkylation sites (tertiary alicyclic amines) is 1. The van der Waals surface area contributed by atoms with Crippen LogP contribution in [-0.4, -0.2) is 23.4 Å². The molecule has 5 heteroatoms. The SMILES string of the molecule is NC(=O)[C@@H]1CCN1Cc1ccc2oc(-c3cccc(F)c3)cc2c1. The van der Waals surface area contributed by atoms with Gasteiger partial charge in [-0.1, -0.05) is 18.2 Å². The van der Waals surface area contributed by atoms with Crippen LogP contribution in [0.25, 0.3) is 22.3 Å². The molecule has 1 aliphatic heterocycles. The quantitative estimate of drug-likeness (QED) is 0.801. The van der Waals surface area contributed by atoms with Crippen molar-refractivity contribution in [2.45, 2.75) is 19.0 Å². The average molecular weight is 324 g/mol. The summed E-state index contributed by atoms with van der Waals surface area (Å²) in [7, 11) is 0. The van der Waals surface area contributed by atoms with Crippen LogP contribution in [0.5, 0.6) is 0 Å². The highest BCUT2D eigenvalue weighted by molar-refractivity contribution is 5.83. The van der Waals surface area contributed by atoms with Gasteiger partial charge in [0.05, 0.1) is 6.04 Å². The van der Waals surface area contributed by atoms with Gasteiger partial charge in [-0.3, -0.25) is 9.69 Å². The van der Waals surface area contributed by atoms with Gasteiger partial charge in [-0.05, 0) is 42.3 Å². The monoisotopic (exact) mass is 324 g/mol. The summed E-state index contributed by atoms with van der Waals surface area (Å²) in [5.41, 5.74) is 7.95. The van der Waals surface area contributed by atoms with E-state index in [1.165, 1.54) is 12.1 Å². The smallest absolute Gasteiger partial charge is 0.234 e. The third-order valence-electron chi connectivity index (χ3n) is 4.53. The van der Waals surface area contributed by atoms with E-state index in [2.05, 4.69) is 4.90 Å². The zero-order valence-electron chi connectivity index (χ0n) is 13.0. The van der Waals surface area contributed by atoms with Crippen LogP contribution in [0, 0.1) is 5.82 Å². The number of primary amides is 1. The van der Waals surface area contributed by atoms with E-state index in [-0.39, 0.29) is 17.8 Å². The summed E-state index contributed by atoms with van der Waals surface area (Å²) >= 11 is 0. The first-order valence-corrected chi connectivity index (χ1v) is 7.92. The molecule has 4 nitrogen and oxygen atoms in total. The van der Waals surface area contributed by atoms with Gasteiger partial charge in [0.2, 0.25) is 5.91 Å². The lowest BCUT2D eigenvalue weighted by Crippen LogP contribution is -2.54. The number of benzene rings is 2. The molecular weight excluding hydrogens is 307 g/mol. The number of fused-ring (bicyclic) bond motifs is 1. The highest BCUT2D eigenvalue weighted by Gasteiger charge is 2.32. The van der Waals surface area contributed by atoms with E-state index < -0.39 is 0 Å². The van der Waals surface area contributed by atoms with Gasteiger partial charge >= 0.3 is 0 Å². The number of amides is 1. The summed E-state index contributed by atoms with van der Waals surface area (Å²) in [4.78, 5) is 13.4. The molecule has 0 spiro atoms. The molecule has 1 amide bonds. The summed E-state index contributed by atoms with van der Waals surface area (Å²) in [6.07, 6.45) is 0.826. The van der Waals surface area contributed by atoms with E-state index in [1.54, 1.807) is 6.07 Å². The lowest BCUT2D eigenvalue weighted by atomic mass is 10.0. The van der Waals surface area contributed by atoms with Crippen molar-refractivity contribution < 1.29 is 13.6 Å². The van der Waals surface area contributed by atoms with E-state index in [4.69, 9.17) is 10.2 Å². The zero-order valence-corrected chi connectivity index (χ0v) is 13.0. The predicted molar refractivity (Wildman–Crippen MR) is 89.6 cm³/mol. The van der Waals surface area contributed by atoms with Gasteiger partial charge in [0.15, 0.2) is 0 Å². The van der Waals surface area contributed by atoms with Crippen LogP contribution in [0.1, 0.15) is 12.0 Å². The summed E-state index contributed by atoms with van der Waals surface area (Å²) in [6, 6.07) is 14.0. The zero-order chi connectivity index (χ0) is 16.7. The second kappa shape index (κ2) is 5.76. The topological polar surface area (TPSA) is 59.5 Å². The number of furan rings is 1. The summed E-state index contributed by atoms with van der Waals surface area (Å²) in [5.74, 6) is 0.0866. The van der Waals surface area contributed by atoms with Gasteiger partial charge in [-0.15, -0.1) is 0 Å². The third-order valence-corrected chi connectivity index (χ3v) is 4.53. The Hall–Kier alpha value is -2.66. The van der Waals surface area contributed by atoms with Crippen molar-refractivity contribution in [3.8, 4) is 11.3 Å². The number of carbonyl (C=O) groups is 1. The van der Waals surface area contributed by atoms with Crippen molar-refractivity contribution in [2.75, 3.05) is 6.54 Å². The molecule has 0 saturated carbocycles. The molecule has 4 rings (SSSR count). The Morgan fingerprint density at radius 2 is 2.12 bits per heavy atom. The minimum Gasteiger partial charge on any atom is -0.456 e. The number of hydrogen-bond donors (Lipinski definition) is 1. The molecule has 2 heterocycles. The third kappa shape index (κ3) is 2.67. The van der Waals surface area contributed by atoms with Crippen molar-refractivity contribution >= 4 is 16.9 Å². The van der Waals surface area contributed by atoms with E-state index >= 15 is 0 Å². The molecule has 1 aliphatic rings. The molecule has 0 bridgehead atoms. The Morgan fingerprint density at radius 3 is 2.83 bits per heavy atom. The minimum absolute atomic E-state index is 0.159. The van der Waals surface area contributed by atoms with Gasteiger partial charge < -0.3 is 10.2 Å². The van der Waals surface area contributed by atoms with E-state index in [0.717, 1.165) is 29.5 Å². The maximum Gasteiger partial charge on any atom is 0.234 e. The Bertz CT molecular complexity index is 919. The van der Waals surface area contributed by atoms with Gasteiger partial charge in [0.1, 0.15) is 17.2 Å². The Morgan fingerprint density at radius 1 is 1.25 bits per heavy atom. The van der Waals surface area contributed by atoms with Gasteiger partial charge in [-0.25, -0.2) is 4.39 Å². The lowest BCUT2D eigenvalue weighted by Gasteiger charge is -2.38. The Labute approximate surface area is 138 Å². The van der Waals surface area contributed by atoms with Crippen molar-refractivity contribution in [3.63, 3.8) is 0 Å². The highest BCUT2D eigenvalue weighted by atomic mass is 19.1. The molecule has 0 unspecified atom stereocenters. The maximum atomic E-state index is 13.4. The van der Waals surface area contributed by atoms with Crippen molar-refractivity contribution in [1.29, 1.82) is 0 Å². The number of rotatable bonds is 4. The van der Waals surface area contributed by atoms with Gasteiger partial charge in [0, 0.05) is 24.0 Å². The number of nitrogens with two attached hydrogens (primary N) is 1. The van der Waals surface area contributed by atoms with Crippen LogP contribution in [-0.2, 0) is 11.3 Å². The first-order valence-electron chi connectivity index (χ1n) is 7.92. The number of nitrogens with zero attached hydrogens (tertiary/aromatic N) is 1. The fourth-order valence-corrected chi connectivity index (χ4v) is 3.16.